The van der Waals surface area contributed by atoms with Crippen LogP contribution in [-0.4, -0.2) is 57.0 Å². The molecule has 9 nitrogen and oxygen atoms in total. The molecular formula is C14H14O9. The molecule has 1 rings (SSSR count). The van der Waals surface area contributed by atoms with Gasteiger partial charge in [0.15, 0.2) is 6.10 Å². The van der Waals surface area contributed by atoms with E-state index < -0.39 is 53.3 Å². The van der Waals surface area contributed by atoms with Gasteiger partial charge in [-0.15, -0.1) is 0 Å². The average molecular weight is 326 g/mol. The first-order valence-corrected chi connectivity index (χ1v) is 6.27. The van der Waals surface area contributed by atoms with E-state index in [1.54, 1.807) is 0 Å². The minimum absolute atomic E-state index is 0.115. The molecule has 4 N–H and O–H groups in total. The number of aliphatic hydroxyl groups is 2. The number of hydrogen-bond donors (Lipinski definition) is 4. The Labute approximate surface area is 129 Å². The number of aryl methyl sites for hydroxylation is 1. The maximum Gasteiger partial charge on any atom is 0.347 e. The molecule has 0 aliphatic rings. The number of esters is 2. The second-order valence-corrected chi connectivity index (χ2v) is 4.63. The molecule has 0 fully saturated rings. The molecule has 0 aliphatic heterocycles. The Kier molecular flexibility index (Phi) is 5.55. The van der Waals surface area contributed by atoms with Gasteiger partial charge in [0.25, 0.3) is 0 Å². The molecule has 0 heterocycles. The van der Waals surface area contributed by atoms with E-state index in [1.165, 1.54) is 13.8 Å². The van der Waals surface area contributed by atoms with Crippen LogP contribution >= 0.6 is 0 Å². The minimum atomic E-state index is -1.98. The summed E-state index contributed by atoms with van der Waals surface area (Å²) in [5.41, 5.74) is -1.65. The minimum Gasteiger partial charge on any atom is -0.478 e. The number of carboxylic acids is 2. The van der Waals surface area contributed by atoms with Gasteiger partial charge in [-0.2, -0.15) is 0 Å². The summed E-state index contributed by atoms with van der Waals surface area (Å²) < 4.78 is 4.31. The van der Waals surface area contributed by atoms with Crippen LogP contribution in [0.15, 0.2) is 6.07 Å². The summed E-state index contributed by atoms with van der Waals surface area (Å²) in [6, 6.07) is 1.09. The third kappa shape index (κ3) is 3.71. The zero-order chi connectivity index (χ0) is 17.9. The van der Waals surface area contributed by atoms with Gasteiger partial charge >= 0.3 is 23.9 Å². The van der Waals surface area contributed by atoms with Crippen LogP contribution < -0.4 is 0 Å². The zero-order valence-corrected chi connectivity index (χ0v) is 12.2. The van der Waals surface area contributed by atoms with Crippen molar-refractivity contribution in [3.63, 3.8) is 0 Å². The van der Waals surface area contributed by atoms with Gasteiger partial charge in [-0.3, -0.25) is 0 Å². The van der Waals surface area contributed by atoms with Crippen LogP contribution in [0.4, 0.5) is 0 Å². The highest BCUT2D eigenvalue weighted by atomic mass is 16.6. The molecule has 23 heavy (non-hydrogen) atoms. The summed E-state index contributed by atoms with van der Waals surface area (Å²) in [7, 11) is 0. The summed E-state index contributed by atoms with van der Waals surface area (Å²) in [5, 5.41) is 36.0. The highest BCUT2D eigenvalue weighted by molar-refractivity contribution is 6.12. The van der Waals surface area contributed by atoms with Crippen LogP contribution in [0.3, 0.4) is 0 Å². The van der Waals surface area contributed by atoms with E-state index in [-0.39, 0.29) is 5.56 Å². The molecule has 0 spiro atoms. The second-order valence-electron chi connectivity index (χ2n) is 4.63. The van der Waals surface area contributed by atoms with Crippen molar-refractivity contribution < 1.29 is 44.3 Å². The SMILES string of the molecule is Cc1cc(C(=O)O)c(C(=O)O)c(C(=O)OC(=O)C(O)CO)c1C. The number of carbonyl (C=O) groups is 4. The quantitative estimate of drug-likeness (QED) is 0.422. The Morgan fingerprint density at radius 1 is 1.09 bits per heavy atom. The number of ether oxygens (including phenoxy) is 1. The number of rotatable bonds is 5. The molecule has 1 aromatic rings. The standard InChI is InChI=1S/C14H14O9/c1-5-3-7(11(17)18)10(12(19)20)9(6(5)2)14(22)23-13(21)8(16)4-15/h3,8,15-16H,4H2,1-2H3,(H,17,18)(H,19,20). The summed E-state index contributed by atoms with van der Waals surface area (Å²) in [6.45, 7) is 1.82. The number of carboxylic acid groups (broad SMARTS) is 2. The van der Waals surface area contributed by atoms with Gasteiger partial charge in [-0.05, 0) is 31.0 Å². The molecule has 0 aliphatic carbocycles. The van der Waals surface area contributed by atoms with Gasteiger partial charge in [0, 0.05) is 0 Å². The Hall–Kier alpha value is -2.78. The monoisotopic (exact) mass is 326 g/mol. The lowest BCUT2D eigenvalue weighted by molar-refractivity contribution is -0.149. The molecule has 1 aromatic carbocycles. The Balaban J connectivity index is 3.50. The summed E-state index contributed by atoms with van der Waals surface area (Å²) in [5.74, 6) is -6.16. The fourth-order valence-corrected chi connectivity index (χ4v) is 1.85. The van der Waals surface area contributed by atoms with Crippen molar-refractivity contribution in [1.82, 2.24) is 0 Å². The number of aromatic carboxylic acids is 2. The second kappa shape index (κ2) is 6.99. The lowest BCUT2D eigenvalue weighted by Gasteiger charge is -2.14. The van der Waals surface area contributed by atoms with Gasteiger partial charge in [0.2, 0.25) is 0 Å². The first-order valence-electron chi connectivity index (χ1n) is 6.27. The number of hydrogen-bond acceptors (Lipinski definition) is 7. The van der Waals surface area contributed by atoms with Crippen molar-refractivity contribution in [2.75, 3.05) is 6.61 Å². The van der Waals surface area contributed by atoms with E-state index in [1.807, 2.05) is 0 Å². The normalized spacial score (nSPS) is 11.7. The van der Waals surface area contributed by atoms with Gasteiger partial charge in [0.05, 0.1) is 23.3 Å². The maximum atomic E-state index is 12.1. The van der Waals surface area contributed by atoms with Crippen LogP contribution in [0.25, 0.3) is 0 Å². The molecule has 0 radical (unpaired) electrons. The van der Waals surface area contributed by atoms with E-state index in [9.17, 15) is 24.3 Å². The van der Waals surface area contributed by atoms with Gasteiger partial charge < -0.3 is 25.2 Å². The number of aliphatic hydroxyl groups excluding tert-OH is 2. The maximum absolute atomic E-state index is 12.1. The Bertz CT molecular complexity index is 690. The van der Waals surface area contributed by atoms with Crippen molar-refractivity contribution in [1.29, 1.82) is 0 Å². The highest BCUT2D eigenvalue weighted by Gasteiger charge is 2.30. The molecule has 0 aromatic heterocycles. The summed E-state index contributed by atoms with van der Waals surface area (Å²) >= 11 is 0. The third-order valence-electron chi connectivity index (χ3n) is 3.13. The molecule has 0 bridgehead atoms. The average Bonchev–Trinajstić information content (AvgIpc) is 2.47. The van der Waals surface area contributed by atoms with Crippen molar-refractivity contribution in [3.8, 4) is 0 Å². The Morgan fingerprint density at radius 3 is 2.09 bits per heavy atom. The van der Waals surface area contributed by atoms with E-state index >= 15 is 0 Å². The van der Waals surface area contributed by atoms with Crippen LogP contribution in [0.5, 0.6) is 0 Å². The predicted molar refractivity (Wildman–Crippen MR) is 73.3 cm³/mol. The smallest absolute Gasteiger partial charge is 0.347 e. The summed E-state index contributed by atoms with van der Waals surface area (Å²) in [4.78, 5) is 45.9. The van der Waals surface area contributed by atoms with Crippen molar-refractivity contribution >= 4 is 23.9 Å². The number of benzene rings is 1. The number of carbonyl (C=O) groups excluding carboxylic acids is 2. The molecule has 0 saturated heterocycles. The fourth-order valence-electron chi connectivity index (χ4n) is 1.85. The van der Waals surface area contributed by atoms with Crippen LogP contribution in [0.2, 0.25) is 0 Å². The zero-order valence-electron chi connectivity index (χ0n) is 12.2. The van der Waals surface area contributed by atoms with Crippen LogP contribution in [-0.2, 0) is 9.53 Å². The molecule has 1 unspecified atom stereocenters. The topological polar surface area (TPSA) is 158 Å². The van der Waals surface area contributed by atoms with Crippen LogP contribution in [0, 0.1) is 13.8 Å². The molecule has 0 saturated carbocycles. The van der Waals surface area contributed by atoms with Crippen molar-refractivity contribution in [2.24, 2.45) is 0 Å². The fraction of sp³-hybridized carbons (Fsp3) is 0.286. The highest BCUT2D eigenvalue weighted by Crippen LogP contribution is 2.24. The van der Waals surface area contributed by atoms with Crippen LogP contribution in [0.1, 0.15) is 42.2 Å². The molecule has 124 valence electrons. The van der Waals surface area contributed by atoms with Gasteiger partial charge in [-0.1, -0.05) is 0 Å². The van der Waals surface area contributed by atoms with E-state index in [0.717, 1.165) is 6.07 Å². The van der Waals surface area contributed by atoms with Gasteiger partial charge in [-0.25, -0.2) is 19.2 Å². The largest absolute Gasteiger partial charge is 0.478 e. The first-order chi connectivity index (χ1) is 10.6. The molecule has 1 atom stereocenters. The predicted octanol–water partition coefficient (Wildman–Crippen LogP) is -0.264. The van der Waals surface area contributed by atoms with Crippen molar-refractivity contribution in [2.45, 2.75) is 20.0 Å². The Morgan fingerprint density at radius 2 is 1.65 bits per heavy atom. The van der Waals surface area contributed by atoms with Crippen molar-refractivity contribution in [3.05, 3.63) is 33.9 Å². The first kappa shape index (κ1) is 18.3. The lowest BCUT2D eigenvalue weighted by Crippen LogP contribution is -2.30. The third-order valence-corrected chi connectivity index (χ3v) is 3.13. The molecular weight excluding hydrogens is 312 g/mol. The van der Waals surface area contributed by atoms with Gasteiger partial charge in [0.1, 0.15) is 0 Å². The summed E-state index contributed by atoms with van der Waals surface area (Å²) in [6.07, 6.45) is -1.98. The lowest BCUT2D eigenvalue weighted by atomic mass is 9.92. The van der Waals surface area contributed by atoms with E-state index in [4.69, 9.17) is 15.3 Å². The van der Waals surface area contributed by atoms with E-state index in [2.05, 4.69) is 4.74 Å². The molecule has 9 heteroatoms. The molecule has 0 amide bonds. The van der Waals surface area contributed by atoms with E-state index in [0.29, 0.717) is 5.56 Å².